The quantitative estimate of drug-likeness (QED) is 0.738. The molecule has 2 rings (SSSR count). The summed E-state index contributed by atoms with van der Waals surface area (Å²) in [4.78, 5) is 16.5. The molecule has 1 amide bonds. The van der Waals surface area contributed by atoms with Gasteiger partial charge >= 0.3 is 0 Å². The number of fused-ring (bicyclic) bond motifs is 1. The van der Waals surface area contributed by atoms with Gasteiger partial charge in [-0.2, -0.15) is 0 Å². The van der Waals surface area contributed by atoms with Crippen LogP contribution in [-0.4, -0.2) is 16.9 Å². The number of unbranched alkanes of at least 4 members (excludes halogenated alkanes) is 2. The van der Waals surface area contributed by atoms with Crippen molar-refractivity contribution in [2.45, 2.75) is 58.4 Å². The number of carbonyl (C=O) groups is 1. The lowest BCUT2D eigenvalue weighted by molar-refractivity contribution is -0.121. The zero-order chi connectivity index (χ0) is 15.1. The standard InChI is InChI=1S/C17H24N2OS/c1-3-4-5-8-13(2)18-16(20)11-12-17-19-14-9-6-7-10-15(14)21-17/h6-7,9-10,13H,3-5,8,11-12H2,1-2H3,(H,18,20). The second kappa shape index (κ2) is 8.13. The van der Waals surface area contributed by atoms with Crippen molar-refractivity contribution >= 4 is 27.5 Å². The molecule has 2 aromatic rings. The molecule has 4 heteroatoms. The summed E-state index contributed by atoms with van der Waals surface area (Å²) in [6.07, 6.45) is 5.98. The molecule has 1 aromatic heterocycles. The lowest BCUT2D eigenvalue weighted by Crippen LogP contribution is -2.32. The van der Waals surface area contributed by atoms with Gasteiger partial charge in [0.15, 0.2) is 0 Å². The predicted molar refractivity (Wildman–Crippen MR) is 89.7 cm³/mol. The Morgan fingerprint density at radius 3 is 2.90 bits per heavy atom. The fourth-order valence-corrected chi connectivity index (χ4v) is 3.33. The maximum absolute atomic E-state index is 11.9. The first kappa shape index (κ1) is 16.0. The zero-order valence-corrected chi connectivity index (χ0v) is 13.7. The maximum atomic E-state index is 11.9. The molecule has 0 aliphatic rings. The highest BCUT2D eigenvalue weighted by Crippen LogP contribution is 2.22. The number of amides is 1. The van der Waals surface area contributed by atoms with E-state index in [-0.39, 0.29) is 11.9 Å². The number of rotatable bonds is 8. The topological polar surface area (TPSA) is 42.0 Å². The number of aromatic nitrogens is 1. The molecule has 1 aromatic carbocycles. The highest BCUT2D eigenvalue weighted by molar-refractivity contribution is 7.18. The molecule has 0 bridgehead atoms. The second-order valence-electron chi connectivity index (χ2n) is 5.54. The zero-order valence-electron chi connectivity index (χ0n) is 12.9. The smallest absolute Gasteiger partial charge is 0.220 e. The monoisotopic (exact) mass is 304 g/mol. The molecule has 0 aliphatic carbocycles. The molecule has 1 atom stereocenters. The van der Waals surface area contributed by atoms with E-state index >= 15 is 0 Å². The molecular weight excluding hydrogens is 280 g/mol. The number of aryl methyl sites for hydroxylation is 1. The third-order valence-corrected chi connectivity index (χ3v) is 4.65. The highest BCUT2D eigenvalue weighted by Gasteiger charge is 2.09. The Morgan fingerprint density at radius 2 is 2.14 bits per heavy atom. The maximum Gasteiger partial charge on any atom is 0.220 e. The van der Waals surface area contributed by atoms with Gasteiger partial charge in [0.2, 0.25) is 5.91 Å². The first-order valence-corrected chi connectivity index (χ1v) is 8.64. The average Bonchev–Trinajstić information content (AvgIpc) is 2.88. The second-order valence-corrected chi connectivity index (χ2v) is 6.65. The number of hydrogen-bond acceptors (Lipinski definition) is 3. The molecule has 0 saturated heterocycles. The largest absolute Gasteiger partial charge is 0.354 e. The number of nitrogens with one attached hydrogen (secondary N) is 1. The Morgan fingerprint density at radius 1 is 1.33 bits per heavy atom. The fraction of sp³-hybridized carbons (Fsp3) is 0.529. The summed E-state index contributed by atoms with van der Waals surface area (Å²) in [5.74, 6) is 0.137. The van der Waals surface area contributed by atoms with Crippen molar-refractivity contribution in [2.24, 2.45) is 0 Å². The van der Waals surface area contributed by atoms with Gasteiger partial charge in [0.05, 0.1) is 15.2 Å². The van der Waals surface area contributed by atoms with Crippen molar-refractivity contribution in [3.8, 4) is 0 Å². The van der Waals surface area contributed by atoms with Gasteiger partial charge in [-0.1, -0.05) is 38.3 Å². The number of hydrogen-bond donors (Lipinski definition) is 1. The van der Waals surface area contributed by atoms with Gasteiger partial charge in [0.25, 0.3) is 0 Å². The van der Waals surface area contributed by atoms with Crippen LogP contribution in [0.2, 0.25) is 0 Å². The van der Waals surface area contributed by atoms with Crippen molar-refractivity contribution < 1.29 is 4.79 Å². The van der Waals surface area contributed by atoms with Crippen molar-refractivity contribution in [3.63, 3.8) is 0 Å². The van der Waals surface area contributed by atoms with Crippen molar-refractivity contribution in [2.75, 3.05) is 0 Å². The predicted octanol–water partition coefficient (Wildman–Crippen LogP) is 4.31. The minimum absolute atomic E-state index is 0.137. The molecule has 114 valence electrons. The third kappa shape index (κ3) is 5.12. The van der Waals surface area contributed by atoms with Gasteiger partial charge in [0, 0.05) is 18.9 Å². The van der Waals surface area contributed by atoms with E-state index < -0.39 is 0 Å². The van der Waals surface area contributed by atoms with Crippen LogP contribution in [0.25, 0.3) is 10.2 Å². The van der Waals surface area contributed by atoms with Gasteiger partial charge in [-0.3, -0.25) is 4.79 Å². The summed E-state index contributed by atoms with van der Waals surface area (Å²) in [6.45, 7) is 4.28. The SMILES string of the molecule is CCCCCC(C)NC(=O)CCc1nc2ccccc2s1. The summed E-state index contributed by atoms with van der Waals surface area (Å²) in [7, 11) is 0. The number of para-hydroxylation sites is 1. The Kier molecular flexibility index (Phi) is 6.18. The van der Waals surface area contributed by atoms with E-state index in [1.807, 2.05) is 18.2 Å². The molecule has 3 nitrogen and oxygen atoms in total. The van der Waals surface area contributed by atoms with Gasteiger partial charge in [-0.15, -0.1) is 11.3 Å². The van der Waals surface area contributed by atoms with Crippen LogP contribution in [0.4, 0.5) is 0 Å². The van der Waals surface area contributed by atoms with Crippen molar-refractivity contribution in [1.29, 1.82) is 0 Å². The van der Waals surface area contributed by atoms with Crippen molar-refractivity contribution in [1.82, 2.24) is 10.3 Å². The summed E-state index contributed by atoms with van der Waals surface area (Å²) in [5, 5.41) is 4.13. The van der Waals surface area contributed by atoms with E-state index in [9.17, 15) is 4.79 Å². The molecule has 0 saturated carbocycles. The summed E-state index contributed by atoms with van der Waals surface area (Å²) < 4.78 is 1.20. The Labute approximate surface area is 130 Å². The van der Waals surface area contributed by atoms with E-state index in [0.29, 0.717) is 6.42 Å². The van der Waals surface area contributed by atoms with Crippen molar-refractivity contribution in [3.05, 3.63) is 29.3 Å². The lowest BCUT2D eigenvalue weighted by atomic mass is 10.1. The van der Waals surface area contributed by atoms with E-state index in [0.717, 1.165) is 23.4 Å². The summed E-state index contributed by atoms with van der Waals surface area (Å²) in [6, 6.07) is 8.39. The van der Waals surface area contributed by atoms with Crippen LogP contribution >= 0.6 is 11.3 Å². The fourth-order valence-electron chi connectivity index (χ4n) is 2.37. The van der Waals surface area contributed by atoms with Crippen LogP contribution in [0.15, 0.2) is 24.3 Å². The van der Waals surface area contributed by atoms with E-state index in [1.54, 1.807) is 11.3 Å². The molecule has 1 N–H and O–H groups in total. The third-order valence-electron chi connectivity index (χ3n) is 3.55. The van der Waals surface area contributed by atoms with E-state index in [2.05, 4.69) is 30.2 Å². The summed E-state index contributed by atoms with van der Waals surface area (Å²) >= 11 is 1.68. The molecule has 1 unspecified atom stereocenters. The Bertz CT molecular complexity index is 546. The lowest BCUT2D eigenvalue weighted by Gasteiger charge is -2.13. The molecule has 0 spiro atoms. The molecular formula is C17H24N2OS. The Hall–Kier alpha value is -1.42. The summed E-state index contributed by atoms with van der Waals surface area (Å²) in [5.41, 5.74) is 1.03. The Balaban J connectivity index is 1.75. The van der Waals surface area contributed by atoms with Gasteiger partial charge in [-0.05, 0) is 25.5 Å². The number of carbonyl (C=O) groups excluding carboxylic acids is 1. The van der Waals surface area contributed by atoms with E-state index in [4.69, 9.17) is 0 Å². The highest BCUT2D eigenvalue weighted by atomic mass is 32.1. The first-order chi connectivity index (χ1) is 10.2. The molecule has 0 fully saturated rings. The molecule has 21 heavy (non-hydrogen) atoms. The minimum atomic E-state index is 0.137. The number of thiazole rings is 1. The first-order valence-electron chi connectivity index (χ1n) is 7.83. The number of nitrogens with zero attached hydrogens (tertiary/aromatic N) is 1. The van der Waals surface area contributed by atoms with Gasteiger partial charge in [0.1, 0.15) is 0 Å². The van der Waals surface area contributed by atoms with Crippen LogP contribution in [0.5, 0.6) is 0 Å². The van der Waals surface area contributed by atoms with Gasteiger partial charge < -0.3 is 5.32 Å². The van der Waals surface area contributed by atoms with Crippen LogP contribution in [0.3, 0.4) is 0 Å². The minimum Gasteiger partial charge on any atom is -0.354 e. The van der Waals surface area contributed by atoms with Gasteiger partial charge in [-0.25, -0.2) is 4.98 Å². The van der Waals surface area contributed by atoms with E-state index in [1.165, 1.54) is 24.0 Å². The average molecular weight is 304 g/mol. The molecule has 1 heterocycles. The molecule has 0 aliphatic heterocycles. The van der Waals surface area contributed by atoms with Crippen LogP contribution in [0, 0.1) is 0 Å². The normalized spacial score (nSPS) is 12.5. The van der Waals surface area contributed by atoms with Crippen LogP contribution in [0.1, 0.15) is 51.0 Å². The molecule has 0 radical (unpaired) electrons. The van der Waals surface area contributed by atoms with Crippen LogP contribution < -0.4 is 5.32 Å². The van der Waals surface area contributed by atoms with Crippen LogP contribution in [-0.2, 0) is 11.2 Å². The number of benzene rings is 1.